The Balaban J connectivity index is 2.11. The van der Waals surface area contributed by atoms with Crippen molar-refractivity contribution in [3.63, 3.8) is 0 Å². The molecule has 2 rings (SSSR count). The number of hydrogen-bond acceptors (Lipinski definition) is 3. The lowest BCUT2D eigenvalue weighted by molar-refractivity contribution is 0.123. The Labute approximate surface area is 118 Å². The number of ether oxygens (including phenoxy) is 1. The molecule has 0 aliphatic carbocycles. The van der Waals surface area contributed by atoms with Gasteiger partial charge in [0.05, 0.1) is 12.5 Å². The van der Waals surface area contributed by atoms with Crippen LogP contribution in [0.25, 0.3) is 11.2 Å². The summed E-state index contributed by atoms with van der Waals surface area (Å²) in [6.45, 7) is 6.40. The number of hydrogen-bond donors (Lipinski definition) is 0. The Morgan fingerprint density at radius 2 is 2.21 bits per heavy atom. The van der Waals surface area contributed by atoms with E-state index in [2.05, 4.69) is 16.9 Å². The van der Waals surface area contributed by atoms with Crippen LogP contribution in [0.3, 0.4) is 0 Å². The largest absolute Gasteiger partial charge is 0.380 e. The fourth-order valence-electron chi connectivity index (χ4n) is 2.00. The topological polar surface area (TPSA) is 39.9 Å². The molecule has 104 valence electrons. The van der Waals surface area contributed by atoms with E-state index in [0.717, 1.165) is 48.5 Å². The number of aryl methyl sites for hydroxylation is 1. The molecule has 2 aromatic heterocycles. The number of fused-ring (bicyclic) bond motifs is 1. The summed E-state index contributed by atoms with van der Waals surface area (Å²) in [7, 11) is 0. The van der Waals surface area contributed by atoms with Gasteiger partial charge in [-0.15, -0.1) is 11.6 Å². The van der Waals surface area contributed by atoms with E-state index in [0.29, 0.717) is 12.5 Å². The SMILES string of the molecule is CCCCOCCn1c(CCl)nc2cc(C)cnc21. The molecular formula is C14H20ClN3O. The highest BCUT2D eigenvalue weighted by Crippen LogP contribution is 2.16. The van der Waals surface area contributed by atoms with Crippen LogP contribution in [0.5, 0.6) is 0 Å². The minimum atomic E-state index is 0.393. The van der Waals surface area contributed by atoms with E-state index < -0.39 is 0 Å². The number of unbranched alkanes of at least 4 members (excludes halogenated alkanes) is 1. The second-order valence-electron chi connectivity index (χ2n) is 4.63. The monoisotopic (exact) mass is 281 g/mol. The minimum absolute atomic E-state index is 0.393. The molecule has 4 nitrogen and oxygen atoms in total. The first kappa shape index (κ1) is 14.3. The molecule has 0 atom stereocenters. The van der Waals surface area contributed by atoms with Crippen LogP contribution in [-0.2, 0) is 17.2 Å². The lowest BCUT2D eigenvalue weighted by Crippen LogP contribution is -2.09. The Morgan fingerprint density at radius 1 is 1.37 bits per heavy atom. The molecule has 0 spiro atoms. The van der Waals surface area contributed by atoms with E-state index in [1.54, 1.807) is 0 Å². The van der Waals surface area contributed by atoms with Gasteiger partial charge in [-0.2, -0.15) is 0 Å². The first-order valence-corrected chi connectivity index (χ1v) is 7.25. The summed E-state index contributed by atoms with van der Waals surface area (Å²) in [6, 6.07) is 2.03. The Bertz CT molecular complexity index is 539. The van der Waals surface area contributed by atoms with Crippen molar-refractivity contribution in [1.82, 2.24) is 14.5 Å². The van der Waals surface area contributed by atoms with E-state index in [1.807, 2.05) is 23.8 Å². The zero-order valence-electron chi connectivity index (χ0n) is 11.5. The predicted octanol–water partition coefficient (Wildman–Crippen LogP) is 3.30. The highest BCUT2D eigenvalue weighted by molar-refractivity contribution is 6.16. The van der Waals surface area contributed by atoms with Gasteiger partial charge in [0.1, 0.15) is 11.3 Å². The fraction of sp³-hybridized carbons (Fsp3) is 0.571. The third kappa shape index (κ3) is 3.45. The van der Waals surface area contributed by atoms with E-state index >= 15 is 0 Å². The Hall–Kier alpha value is -1.13. The lowest BCUT2D eigenvalue weighted by atomic mass is 10.3. The van der Waals surface area contributed by atoms with Crippen molar-refractivity contribution >= 4 is 22.8 Å². The summed E-state index contributed by atoms with van der Waals surface area (Å²) < 4.78 is 7.65. The number of rotatable bonds is 7. The number of halogens is 1. The van der Waals surface area contributed by atoms with Crippen molar-refractivity contribution in [1.29, 1.82) is 0 Å². The molecule has 0 unspecified atom stereocenters. The van der Waals surface area contributed by atoms with Crippen molar-refractivity contribution in [2.75, 3.05) is 13.2 Å². The van der Waals surface area contributed by atoms with Crippen molar-refractivity contribution in [3.05, 3.63) is 23.7 Å². The zero-order chi connectivity index (χ0) is 13.7. The molecule has 0 fully saturated rings. The van der Waals surface area contributed by atoms with Crippen LogP contribution in [0.4, 0.5) is 0 Å². The van der Waals surface area contributed by atoms with Crippen LogP contribution >= 0.6 is 11.6 Å². The molecule has 0 N–H and O–H groups in total. The molecule has 0 saturated heterocycles. The summed E-state index contributed by atoms with van der Waals surface area (Å²) in [5, 5.41) is 0. The van der Waals surface area contributed by atoms with E-state index in [1.165, 1.54) is 0 Å². The zero-order valence-corrected chi connectivity index (χ0v) is 12.3. The fourth-order valence-corrected chi connectivity index (χ4v) is 2.20. The van der Waals surface area contributed by atoms with Gasteiger partial charge in [-0.05, 0) is 25.0 Å². The average Bonchev–Trinajstić information content (AvgIpc) is 2.75. The quantitative estimate of drug-likeness (QED) is 0.577. The van der Waals surface area contributed by atoms with Gasteiger partial charge >= 0.3 is 0 Å². The van der Waals surface area contributed by atoms with Gasteiger partial charge in [0.15, 0.2) is 5.65 Å². The van der Waals surface area contributed by atoms with Crippen molar-refractivity contribution in [3.8, 4) is 0 Å². The van der Waals surface area contributed by atoms with Gasteiger partial charge in [0, 0.05) is 19.3 Å². The molecule has 0 bridgehead atoms. The van der Waals surface area contributed by atoms with Gasteiger partial charge in [-0.1, -0.05) is 13.3 Å². The number of imidazole rings is 1. The number of aromatic nitrogens is 3. The molecular weight excluding hydrogens is 262 g/mol. The molecule has 5 heteroatoms. The summed E-state index contributed by atoms with van der Waals surface area (Å²) in [5.74, 6) is 1.25. The van der Waals surface area contributed by atoms with Gasteiger partial charge in [-0.3, -0.25) is 0 Å². The standard InChI is InChI=1S/C14H20ClN3O/c1-3-4-6-19-7-5-18-13(9-15)17-12-8-11(2)10-16-14(12)18/h8,10H,3-7,9H2,1-2H3. The molecule has 0 aliphatic rings. The summed E-state index contributed by atoms with van der Waals surface area (Å²) in [4.78, 5) is 8.97. The third-order valence-electron chi connectivity index (χ3n) is 3.02. The molecule has 19 heavy (non-hydrogen) atoms. The van der Waals surface area contributed by atoms with Gasteiger partial charge in [0.2, 0.25) is 0 Å². The van der Waals surface area contributed by atoms with Crippen LogP contribution in [0.1, 0.15) is 31.2 Å². The van der Waals surface area contributed by atoms with E-state index in [9.17, 15) is 0 Å². The molecule has 0 aromatic carbocycles. The second-order valence-corrected chi connectivity index (χ2v) is 4.90. The van der Waals surface area contributed by atoms with Crippen LogP contribution in [-0.4, -0.2) is 27.7 Å². The molecule has 0 amide bonds. The van der Waals surface area contributed by atoms with Gasteiger partial charge in [-0.25, -0.2) is 9.97 Å². The van der Waals surface area contributed by atoms with Crippen LogP contribution in [0.2, 0.25) is 0 Å². The Morgan fingerprint density at radius 3 is 2.95 bits per heavy atom. The molecule has 0 radical (unpaired) electrons. The normalized spacial score (nSPS) is 11.3. The highest BCUT2D eigenvalue weighted by atomic mass is 35.5. The maximum Gasteiger partial charge on any atom is 0.160 e. The Kier molecular flexibility index (Phi) is 5.16. The number of alkyl halides is 1. The first-order valence-electron chi connectivity index (χ1n) is 6.71. The summed E-state index contributed by atoms with van der Waals surface area (Å²) in [5.41, 5.74) is 2.90. The number of pyridine rings is 1. The number of nitrogens with zero attached hydrogens (tertiary/aromatic N) is 3. The smallest absolute Gasteiger partial charge is 0.160 e. The van der Waals surface area contributed by atoms with Gasteiger partial charge in [0.25, 0.3) is 0 Å². The van der Waals surface area contributed by atoms with Crippen LogP contribution < -0.4 is 0 Å². The second kappa shape index (κ2) is 6.87. The minimum Gasteiger partial charge on any atom is -0.380 e. The van der Waals surface area contributed by atoms with Crippen molar-refractivity contribution in [2.24, 2.45) is 0 Å². The molecule has 0 aliphatic heterocycles. The first-order chi connectivity index (χ1) is 9.26. The van der Waals surface area contributed by atoms with Crippen LogP contribution in [0.15, 0.2) is 12.3 Å². The molecule has 0 saturated carbocycles. The van der Waals surface area contributed by atoms with E-state index in [-0.39, 0.29) is 0 Å². The third-order valence-corrected chi connectivity index (χ3v) is 3.26. The van der Waals surface area contributed by atoms with Crippen molar-refractivity contribution in [2.45, 2.75) is 39.1 Å². The maximum absolute atomic E-state index is 5.95. The predicted molar refractivity (Wildman–Crippen MR) is 77.5 cm³/mol. The van der Waals surface area contributed by atoms with Crippen LogP contribution in [0, 0.1) is 6.92 Å². The lowest BCUT2D eigenvalue weighted by Gasteiger charge is -2.07. The molecule has 2 heterocycles. The summed E-state index contributed by atoms with van der Waals surface area (Å²) >= 11 is 5.95. The van der Waals surface area contributed by atoms with Gasteiger partial charge < -0.3 is 9.30 Å². The van der Waals surface area contributed by atoms with Crippen molar-refractivity contribution < 1.29 is 4.74 Å². The molecule has 2 aromatic rings. The maximum atomic E-state index is 5.95. The highest BCUT2D eigenvalue weighted by Gasteiger charge is 2.10. The average molecular weight is 282 g/mol. The van der Waals surface area contributed by atoms with E-state index in [4.69, 9.17) is 16.3 Å². The summed E-state index contributed by atoms with van der Waals surface area (Å²) in [6.07, 6.45) is 4.11.